The minimum Gasteiger partial charge on any atom is -0.311 e. The van der Waals surface area contributed by atoms with Crippen molar-refractivity contribution < 1.29 is 4.39 Å². The summed E-state index contributed by atoms with van der Waals surface area (Å²) in [6.45, 7) is 13.5. The highest BCUT2D eigenvalue weighted by molar-refractivity contribution is 4.92. The van der Waals surface area contributed by atoms with Crippen LogP contribution in [0.3, 0.4) is 0 Å². The summed E-state index contributed by atoms with van der Waals surface area (Å²) in [6.07, 6.45) is 0. The van der Waals surface area contributed by atoms with E-state index in [1.54, 1.807) is 0 Å². The van der Waals surface area contributed by atoms with Gasteiger partial charge in [-0.1, -0.05) is 34.6 Å². The van der Waals surface area contributed by atoms with Gasteiger partial charge in [0.2, 0.25) is 0 Å². The second-order valence-electron chi connectivity index (χ2n) is 6.32. The molecule has 2 nitrogen and oxygen atoms in total. The Morgan fingerprint density at radius 3 is 2.44 bits per heavy atom. The summed E-state index contributed by atoms with van der Waals surface area (Å²) >= 11 is 0. The molecule has 0 aliphatic carbocycles. The number of nitrogens with one attached hydrogen (secondary N) is 1. The molecular weight excluding hydrogens is 203 g/mol. The van der Waals surface area contributed by atoms with Crippen molar-refractivity contribution in [3.8, 4) is 0 Å². The number of hydrogen-bond donors (Lipinski definition) is 1. The Labute approximate surface area is 99.6 Å². The first kappa shape index (κ1) is 13.9. The molecule has 0 amide bonds. The van der Waals surface area contributed by atoms with E-state index in [0.717, 1.165) is 13.1 Å². The van der Waals surface area contributed by atoms with Gasteiger partial charge >= 0.3 is 0 Å². The Kier molecular flexibility index (Phi) is 4.74. The zero-order valence-corrected chi connectivity index (χ0v) is 11.4. The monoisotopic (exact) mass is 230 g/mol. The minimum atomic E-state index is -0.236. The van der Waals surface area contributed by atoms with Crippen molar-refractivity contribution in [2.75, 3.05) is 26.3 Å². The van der Waals surface area contributed by atoms with Crippen molar-refractivity contribution in [3.05, 3.63) is 0 Å². The summed E-state index contributed by atoms with van der Waals surface area (Å²) < 4.78 is 12.6. The van der Waals surface area contributed by atoms with E-state index in [9.17, 15) is 4.39 Å². The first-order valence-corrected chi connectivity index (χ1v) is 6.39. The predicted octanol–water partition coefficient (Wildman–Crippen LogP) is 2.30. The molecule has 0 bridgehead atoms. The maximum atomic E-state index is 12.6. The topological polar surface area (TPSA) is 15.3 Å². The molecule has 1 saturated heterocycles. The van der Waals surface area contributed by atoms with Gasteiger partial charge in [0.25, 0.3) is 0 Å². The van der Waals surface area contributed by atoms with Crippen molar-refractivity contribution in [2.45, 2.75) is 46.7 Å². The highest BCUT2D eigenvalue weighted by Crippen LogP contribution is 2.25. The fraction of sp³-hybridized carbons (Fsp3) is 1.00. The highest BCUT2D eigenvalue weighted by Gasteiger charge is 2.34. The molecule has 3 heteroatoms. The Morgan fingerprint density at radius 1 is 1.38 bits per heavy atom. The molecule has 1 N–H and O–H groups in total. The van der Waals surface area contributed by atoms with Crippen molar-refractivity contribution in [3.63, 3.8) is 0 Å². The quantitative estimate of drug-likeness (QED) is 0.800. The van der Waals surface area contributed by atoms with E-state index < -0.39 is 0 Å². The number of nitrogens with zero attached hydrogens (tertiary/aromatic N) is 1. The van der Waals surface area contributed by atoms with Crippen LogP contribution in [0.15, 0.2) is 0 Å². The van der Waals surface area contributed by atoms with E-state index in [2.05, 4.69) is 44.8 Å². The molecule has 2 atom stereocenters. The zero-order chi connectivity index (χ0) is 12.3. The highest BCUT2D eigenvalue weighted by atomic mass is 19.1. The molecule has 16 heavy (non-hydrogen) atoms. The summed E-state index contributed by atoms with van der Waals surface area (Å²) in [6, 6.07) is 0.948. The largest absolute Gasteiger partial charge is 0.311 e. The third-order valence-corrected chi connectivity index (χ3v) is 3.65. The summed E-state index contributed by atoms with van der Waals surface area (Å²) in [5.41, 5.74) is 0.247. The van der Waals surface area contributed by atoms with Gasteiger partial charge in [0.15, 0.2) is 0 Å². The van der Waals surface area contributed by atoms with Crippen LogP contribution >= 0.6 is 0 Å². The molecule has 0 aromatic rings. The van der Waals surface area contributed by atoms with Gasteiger partial charge in [-0.15, -0.1) is 0 Å². The van der Waals surface area contributed by atoms with Crippen molar-refractivity contribution in [1.82, 2.24) is 10.2 Å². The molecule has 1 fully saturated rings. The van der Waals surface area contributed by atoms with Gasteiger partial charge < -0.3 is 5.32 Å². The summed E-state index contributed by atoms with van der Waals surface area (Å²) in [5, 5.41) is 3.61. The normalized spacial score (nSPS) is 28.7. The Morgan fingerprint density at radius 2 is 2.00 bits per heavy atom. The van der Waals surface area contributed by atoms with Crippen LogP contribution in [0.1, 0.15) is 34.6 Å². The molecule has 1 aliphatic heterocycles. The van der Waals surface area contributed by atoms with Crippen LogP contribution < -0.4 is 5.32 Å². The average Bonchev–Trinajstić information content (AvgIpc) is 2.16. The van der Waals surface area contributed by atoms with Crippen LogP contribution in [0.5, 0.6) is 0 Å². The fourth-order valence-corrected chi connectivity index (χ4v) is 2.43. The van der Waals surface area contributed by atoms with Gasteiger partial charge in [-0.25, -0.2) is 4.39 Å². The van der Waals surface area contributed by atoms with Gasteiger partial charge in [-0.05, 0) is 11.3 Å². The van der Waals surface area contributed by atoms with E-state index in [4.69, 9.17) is 0 Å². The predicted molar refractivity (Wildman–Crippen MR) is 67.4 cm³/mol. The van der Waals surface area contributed by atoms with E-state index in [1.807, 2.05) is 0 Å². The lowest BCUT2D eigenvalue weighted by Crippen LogP contribution is -2.61. The van der Waals surface area contributed by atoms with Gasteiger partial charge in [0.05, 0.1) is 0 Å². The van der Waals surface area contributed by atoms with Gasteiger partial charge in [-0.3, -0.25) is 4.90 Å². The van der Waals surface area contributed by atoms with Crippen molar-refractivity contribution >= 4 is 0 Å². The standard InChI is InChI=1S/C13H27FN2/c1-10(2)11-8-15-12(13(3,4)5)9-16(11)7-6-14/h10-12,15H,6-9H2,1-5H3. The Bertz CT molecular complexity index is 210. The first-order valence-electron chi connectivity index (χ1n) is 6.39. The van der Waals surface area contributed by atoms with E-state index in [1.165, 1.54) is 0 Å². The average molecular weight is 230 g/mol. The van der Waals surface area contributed by atoms with Crippen LogP contribution in [0.4, 0.5) is 4.39 Å². The Hall–Kier alpha value is -0.150. The maximum absolute atomic E-state index is 12.6. The smallest absolute Gasteiger partial charge is 0.102 e. The molecule has 1 heterocycles. The first-order chi connectivity index (χ1) is 7.36. The summed E-state index contributed by atoms with van der Waals surface area (Å²) in [4.78, 5) is 2.32. The lowest BCUT2D eigenvalue weighted by molar-refractivity contribution is 0.0586. The number of rotatable bonds is 3. The van der Waals surface area contributed by atoms with Crippen LogP contribution in [-0.2, 0) is 0 Å². The van der Waals surface area contributed by atoms with Crippen molar-refractivity contribution in [2.24, 2.45) is 11.3 Å². The van der Waals surface area contributed by atoms with Crippen LogP contribution in [-0.4, -0.2) is 43.3 Å². The molecule has 0 aromatic carbocycles. The second-order valence-corrected chi connectivity index (χ2v) is 6.32. The van der Waals surface area contributed by atoms with Gasteiger partial charge in [-0.2, -0.15) is 0 Å². The maximum Gasteiger partial charge on any atom is 0.102 e. The molecule has 96 valence electrons. The SMILES string of the molecule is CC(C)C1CNC(C(C)(C)C)CN1CCF. The van der Waals surface area contributed by atoms with E-state index >= 15 is 0 Å². The molecular formula is C13H27FN2. The number of hydrogen-bond acceptors (Lipinski definition) is 2. The third-order valence-electron chi connectivity index (χ3n) is 3.65. The lowest BCUT2D eigenvalue weighted by atomic mass is 9.83. The van der Waals surface area contributed by atoms with Crippen LogP contribution in [0, 0.1) is 11.3 Å². The van der Waals surface area contributed by atoms with E-state index in [-0.39, 0.29) is 12.1 Å². The molecule has 2 unspecified atom stereocenters. The number of piperazine rings is 1. The zero-order valence-electron chi connectivity index (χ0n) is 11.4. The van der Waals surface area contributed by atoms with Gasteiger partial charge in [0.1, 0.15) is 6.67 Å². The second kappa shape index (κ2) is 5.46. The number of halogens is 1. The van der Waals surface area contributed by atoms with Crippen LogP contribution in [0.2, 0.25) is 0 Å². The third kappa shape index (κ3) is 3.42. The van der Waals surface area contributed by atoms with Gasteiger partial charge in [0, 0.05) is 31.7 Å². The molecule has 0 spiro atoms. The summed E-state index contributed by atoms with van der Waals surface area (Å²) in [7, 11) is 0. The minimum absolute atomic E-state index is 0.236. The molecule has 1 rings (SSSR count). The molecule has 0 radical (unpaired) electrons. The molecule has 0 aromatic heterocycles. The molecule has 0 saturated carbocycles. The number of alkyl halides is 1. The van der Waals surface area contributed by atoms with Crippen molar-refractivity contribution in [1.29, 1.82) is 0 Å². The van der Waals surface area contributed by atoms with E-state index in [0.29, 0.717) is 24.5 Å². The molecule has 1 aliphatic rings. The van der Waals surface area contributed by atoms with Crippen LogP contribution in [0.25, 0.3) is 0 Å². The Balaban J connectivity index is 2.65. The fourth-order valence-electron chi connectivity index (χ4n) is 2.43. The summed E-state index contributed by atoms with van der Waals surface area (Å²) in [5.74, 6) is 0.583. The lowest BCUT2D eigenvalue weighted by Gasteiger charge is -2.46.